The number of hydrogen-bond donors (Lipinski definition) is 2. The monoisotopic (exact) mass is 369 g/mol. The number of nitrogens with one attached hydrogen (secondary N) is 2. The number of fused-ring (bicyclic) bond motifs is 1. The molecule has 0 spiro atoms. The number of carbonyl (C=O) groups is 1. The van der Waals surface area contributed by atoms with Crippen LogP contribution in [0.15, 0.2) is 54.9 Å². The Labute approximate surface area is 152 Å². The third-order valence-electron chi connectivity index (χ3n) is 3.52. The number of benzene rings is 1. The van der Waals surface area contributed by atoms with Crippen molar-refractivity contribution in [3.8, 4) is 0 Å². The van der Waals surface area contributed by atoms with Gasteiger partial charge in [0.25, 0.3) is 5.91 Å². The maximum Gasteiger partial charge on any atom is 0.261 e. The molecule has 4 aromatic rings. The van der Waals surface area contributed by atoms with Crippen molar-refractivity contribution < 1.29 is 4.79 Å². The van der Waals surface area contributed by atoms with Crippen LogP contribution in [0.5, 0.6) is 0 Å². The van der Waals surface area contributed by atoms with Crippen LogP contribution in [0.25, 0.3) is 9.53 Å². The van der Waals surface area contributed by atoms with Gasteiger partial charge < -0.3 is 10.6 Å². The van der Waals surface area contributed by atoms with Crippen LogP contribution in [0.2, 0.25) is 0 Å². The number of anilines is 2. The Bertz CT molecular complexity index is 944. The zero-order valence-electron chi connectivity index (χ0n) is 13.2. The molecule has 0 saturated carbocycles. The average molecular weight is 369 g/mol. The Morgan fingerprint density at radius 2 is 2.04 bits per heavy atom. The Hall–Kier alpha value is -2.71. The molecule has 1 aromatic carbocycles. The second-order valence-corrected chi connectivity index (χ2v) is 7.38. The third-order valence-corrected chi connectivity index (χ3v) is 5.60. The molecular weight excluding hydrogens is 354 g/mol. The lowest BCUT2D eigenvalue weighted by Gasteiger charge is -2.03. The van der Waals surface area contributed by atoms with E-state index in [2.05, 4.69) is 20.7 Å². The molecule has 25 heavy (non-hydrogen) atoms. The van der Waals surface area contributed by atoms with Gasteiger partial charge in [0.15, 0.2) is 5.13 Å². The van der Waals surface area contributed by atoms with Gasteiger partial charge in [-0.2, -0.15) is 5.10 Å². The van der Waals surface area contributed by atoms with Gasteiger partial charge in [0.05, 0.1) is 16.1 Å². The first-order valence-corrected chi connectivity index (χ1v) is 9.39. The molecule has 3 heterocycles. The Morgan fingerprint density at radius 1 is 1.16 bits per heavy atom. The van der Waals surface area contributed by atoms with E-state index in [0.717, 1.165) is 20.3 Å². The van der Waals surface area contributed by atoms with E-state index < -0.39 is 0 Å². The minimum atomic E-state index is -0.0695. The van der Waals surface area contributed by atoms with Gasteiger partial charge in [-0.1, -0.05) is 29.5 Å². The first-order valence-electron chi connectivity index (χ1n) is 7.76. The number of rotatable bonds is 6. The molecule has 0 aliphatic heterocycles. The zero-order valence-corrected chi connectivity index (χ0v) is 14.8. The summed E-state index contributed by atoms with van der Waals surface area (Å²) in [4.78, 5) is 18.4. The second-order valence-electron chi connectivity index (χ2n) is 5.32. The number of aromatic nitrogens is 3. The fraction of sp³-hybridized carbons (Fsp3) is 0.118. The summed E-state index contributed by atoms with van der Waals surface area (Å²) in [6.45, 7) is 1.20. The molecule has 2 N–H and O–H groups in total. The molecule has 0 unspecified atom stereocenters. The molecule has 0 radical (unpaired) electrons. The van der Waals surface area contributed by atoms with E-state index in [9.17, 15) is 4.79 Å². The highest BCUT2D eigenvalue weighted by Gasteiger charge is 2.13. The maximum atomic E-state index is 12.2. The lowest BCUT2D eigenvalue weighted by atomic mass is 10.3. The largest absolute Gasteiger partial charge is 0.349 e. The number of para-hydroxylation sites is 1. The molecule has 1 amide bonds. The molecule has 0 atom stereocenters. The molecule has 8 heteroatoms. The standard InChI is InChI=1S/C17H15N5OS2/c23-15(18-8-10-22-9-4-7-19-22)13-11-14-16(24-13)21-17(25-14)20-12-5-2-1-3-6-12/h1-7,9,11H,8,10H2,(H,18,23)(H,20,21). The van der Waals surface area contributed by atoms with E-state index in [0.29, 0.717) is 18.0 Å². The number of hydrogen-bond acceptors (Lipinski definition) is 6. The van der Waals surface area contributed by atoms with Crippen molar-refractivity contribution in [1.29, 1.82) is 0 Å². The molecular formula is C17H15N5OS2. The van der Waals surface area contributed by atoms with Crippen LogP contribution in [-0.4, -0.2) is 27.2 Å². The van der Waals surface area contributed by atoms with Crippen LogP contribution in [0.1, 0.15) is 9.67 Å². The van der Waals surface area contributed by atoms with Crippen LogP contribution < -0.4 is 10.6 Å². The van der Waals surface area contributed by atoms with Gasteiger partial charge in [0, 0.05) is 24.6 Å². The van der Waals surface area contributed by atoms with Gasteiger partial charge in [-0.15, -0.1) is 11.3 Å². The highest BCUT2D eigenvalue weighted by molar-refractivity contribution is 7.29. The summed E-state index contributed by atoms with van der Waals surface area (Å²) in [6, 6.07) is 13.7. The van der Waals surface area contributed by atoms with E-state index in [4.69, 9.17) is 0 Å². The van der Waals surface area contributed by atoms with Gasteiger partial charge in [-0.05, 0) is 24.3 Å². The number of nitrogens with zero attached hydrogens (tertiary/aromatic N) is 3. The topological polar surface area (TPSA) is 71.8 Å². The van der Waals surface area contributed by atoms with Crippen molar-refractivity contribution in [3.63, 3.8) is 0 Å². The molecule has 6 nitrogen and oxygen atoms in total. The van der Waals surface area contributed by atoms with Gasteiger partial charge >= 0.3 is 0 Å². The molecule has 0 bridgehead atoms. The fourth-order valence-electron chi connectivity index (χ4n) is 2.35. The Kier molecular flexibility index (Phi) is 4.45. The van der Waals surface area contributed by atoms with E-state index in [1.165, 1.54) is 11.3 Å². The predicted molar refractivity (Wildman–Crippen MR) is 102 cm³/mol. The summed E-state index contributed by atoms with van der Waals surface area (Å²) in [6.07, 6.45) is 3.60. The van der Waals surface area contributed by atoms with Crippen molar-refractivity contribution in [1.82, 2.24) is 20.1 Å². The molecule has 3 aromatic heterocycles. The van der Waals surface area contributed by atoms with Crippen molar-refractivity contribution in [3.05, 3.63) is 59.7 Å². The average Bonchev–Trinajstić information content (AvgIpc) is 3.32. The third kappa shape index (κ3) is 3.70. The highest BCUT2D eigenvalue weighted by Crippen LogP contribution is 2.34. The van der Waals surface area contributed by atoms with Crippen LogP contribution in [0.4, 0.5) is 10.8 Å². The predicted octanol–water partition coefficient (Wildman–Crippen LogP) is 3.73. The maximum absolute atomic E-state index is 12.2. The Balaban J connectivity index is 1.39. The minimum absolute atomic E-state index is 0.0695. The summed E-state index contributed by atoms with van der Waals surface area (Å²) in [5.41, 5.74) is 1.00. The quantitative estimate of drug-likeness (QED) is 0.543. The van der Waals surface area contributed by atoms with Crippen molar-refractivity contribution in [2.24, 2.45) is 0 Å². The van der Waals surface area contributed by atoms with E-state index in [1.807, 2.05) is 48.7 Å². The summed E-state index contributed by atoms with van der Waals surface area (Å²) in [5, 5.41) is 11.1. The number of amides is 1. The smallest absolute Gasteiger partial charge is 0.261 e. The molecule has 4 rings (SSSR count). The van der Waals surface area contributed by atoms with Gasteiger partial charge in [0.1, 0.15) is 4.83 Å². The number of thiazole rings is 1. The molecule has 0 aliphatic rings. The zero-order chi connectivity index (χ0) is 17.1. The van der Waals surface area contributed by atoms with Crippen LogP contribution in [-0.2, 0) is 6.54 Å². The van der Waals surface area contributed by atoms with E-state index in [1.54, 1.807) is 22.2 Å². The van der Waals surface area contributed by atoms with Gasteiger partial charge in [0.2, 0.25) is 0 Å². The lowest BCUT2D eigenvalue weighted by Crippen LogP contribution is -2.26. The molecule has 0 aliphatic carbocycles. The highest BCUT2D eigenvalue weighted by atomic mass is 32.1. The SMILES string of the molecule is O=C(NCCn1cccn1)c1cc2sc(Nc3ccccc3)nc2s1. The van der Waals surface area contributed by atoms with E-state index >= 15 is 0 Å². The Morgan fingerprint density at radius 3 is 2.80 bits per heavy atom. The molecule has 126 valence electrons. The summed E-state index contributed by atoms with van der Waals surface area (Å²) >= 11 is 2.96. The summed E-state index contributed by atoms with van der Waals surface area (Å²) in [7, 11) is 0. The first kappa shape index (κ1) is 15.8. The van der Waals surface area contributed by atoms with Crippen LogP contribution >= 0.6 is 22.7 Å². The van der Waals surface area contributed by atoms with Crippen molar-refractivity contribution in [2.45, 2.75) is 6.54 Å². The number of thiophene rings is 1. The van der Waals surface area contributed by atoms with Gasteiger partial charge in [-0.3, -0.25) is 9.48 Å². The van der Waals surface area contributed by atoms with Crippen LogP contribution in [0.3, 0.4) is 0 Å². The van der Waals surface area contributed by atoms with Crippen molar-refractivity contribution >= 4 is 48.9 Å². The minimum Gasteiger partial charge on any atom is -0.349 e. The van der Waals surface area contributed by atoms with Gasteiger partial charge in [-0.25, -0.2) is 4.98 Å². The summed E-state index contributed by atoms with van der Waals surface area (Å²) < 4.78 is 2.80. The first-order chi connectivity index (χ1) is 12.3. The summed E-state index contributed by atoms with van der Waals surface area (Å²) in [5.74, 6) is -0.0695. The molecule has 0 saturated heterocycles. The second kappa shape index (κ2) is 7.04. The lowest BCUT2D eigenvalue weighted by molar-refractivity contribution is 0.0956. The molecule has 0 fully saturated rings. The van der Waals surface area contributed by atoms with Crippen molar-refractivity contribution in [2.75, 3.05) is 11.9 Å². The number of carbonyl (C=O) groups excluding carboxylic acids is 1. The normalized spacial score (nSPS) is 10.9. The van der Waals surface area contributed by atoms with E-state index in [-0.39, 0.29) is 5.91 Å². The van der Waals surface area contributed by atoms with Crippen LogP contribution in [0, 0.1) is 0 Å². The fourth-order valence-corrected chi connectivity index (χ4v) is 4.40.